The normalized spacial score (nSPS) is 11.1. The summed E-state index contributed by atoms with van der Waals surface area (Å²) in [5, 5.41) is 5.88. The SMILES string of the molecule is CC(C)(C)NCC(=O)Nc1ccccc1CC(N)=O. The van der Waals surface area contributed by atoms with E-state index >= 15 is 0 Å². The quantitative estimate of drug-likeness (QED) is 0.742. The third-order valence-corrected chi connectivity index (χ3v) is 2.44. The maximum Gasteiger partial charge on any atom is 0.238 e. The van der Waals surface area contributed by atoms with Gasteiger partial charge in [0.05, 0.1) is 13.0 Å². The molecule has 0 aliphatic carbocycles. The van der Waals surface area contributed by atoms with Gasteiger partial charge in [-0.05, 0) is 32.4 Å². The lowest BCUT2D eigenvalue weighted by Gasteiger charge is -2.20. The van der Waals surface area contributed by atoms with Gasteiger partial charge in [0, 0.05) is 11.2 Å². The summed E-state index contributed by atoms with van der Waals surface area (Å²) in [5.74, 6) is -0.568. The number of hydrogen-bond donors (Lipinski definition) is 3. The maximum absolute atomic E-state index is 11.8. The van der Waals surface area contributed by atoms with Crippen LogP contribution < -0.4 is 16.4 Å². The van der Waals surface area contributed by atoms with E-state index in [2.05, 4.69) is 10.6 Å². The van der Waals surface area contributed by atoms with Crippen molar-refractivity contribution in [2.75, 3.05) is 11.9 Å². The van der Waals surface area contributed by atoms with Gasteiger partial charge in [-0.2, -0.15) is 0 Å². The first-order chi connectivity index (χ1) is 8.78. The number of amides is 2. The summed E-state index contributed by atoms with van der Waals surface area (Å²) in [6.45, 7) is 6.18. The molecule has 1 aromatic carbocycles. The van der Waals surface area contributed by atoms with Crippen molar-refractivity contribution >= 4 is 17.5 Å². The molecule has 0 aliphatic heterocycles. The number of carbonyl (C=O) groups excluding carboxylic acids is 2. The standard InChI is InChI=1S/C14H21N3O2/c1-14(2,3)16-9-13(19)17-11-7-5-4-6-10(11)8-12(15)18/h4-7,16H,8-9H2,1-3H3,(H2,15,18)(H,17,19). The number of anilines is 1. The number of nitrogens with two attached hydrogens (primary N) is 1. The number of benzene rings is 1. The number of rotatable bonds is 5. The number of nitrogens with one attached hydrogen (secondary N) is 2. The lowest BCUT2D eigenvalue weighted by Crippen LogP contribution is -2.41. The largest absolute Gasteiger partial charge is 0.369 e. The monoisotopic (exact) mass is 263 g/mol. The van der Waals surface area contributed by atoms with E-state index in [1.54, 1.807) is 24.3 Å². The van der Waals surface area contributed by atoms with Crippen LogP contribution in [0.5, 0.6) is 0 Å². The molecule has 0 bridgehead atoms. The summed E-state index contributed by atoms with van der Waals surface area (Å²) in [6.07, 6.45) is 0.114. The number of hydrogen-bond acceptors (Lipinski definition) is 3. The second-order valence-electron chi connectivity index (χ2n) is 5.45. The molecular formula is C14H21N3O2. The van der Waals surface area contributed by atoms with Crippen molar-refractivity contribution in [1.29, 1.82) is 0 Å². The second-order valence-corrected chi connectivity index (χ2v) is 5.45. The molecule has 0 aromatic heterocycles. The van der Waals surface area contributed by atoms with Gasteiger partial charge in [-0.15, -0.1) is 0 Å². The van der Waals surface area contributed by atoms with Crippen molar-refractivity contribution in [1.82, 2.24) is 5.32 Å². The van der Waals surface area contributed by atoms with Crippen molar-refractivity contribution in [2.24, 2.45) is 5.73 Å². The van der Waals surface area contributed by atoms with E-state index in [0.717, 1.165) is 5.56 Å². The molecule has 0 fully saturated rings. The van der Waals surface area contributed by atoms with Crippen LogP contribution in [-0.2, 0) is 16.0 Å². The first-order valence-electron chi connectivity index (χ1n) is 6.19. The van der Waals surface area contributed by atoms with E-state index in [1.165, 1.54) is 0 Å². The van der Waals surface area contributed by atoms with Crippen molar-refractivity contribution in [3.05, 3.63) is 29.8 Å². The Kier molecular flexibility index (Phi) is 5.06. The molecule has 5 nitrogen and oxygen atoms in total. The molecule has 0 aliphatic rings. The Balaban J connectivity index is 2.66. The van der Waals surface area contributed by atoms with E-state index in [9.17, 15) is 9.59 Å². The van der Waals surface area contributed by atoms with Crippen molar-refractivity contribution < 1.29 is 9.59 Å². The lowest BCUT2D eigenvalue weighted by atomic mass is 10.1. The highest BCUT2D eigenvalue weighted by molar-refractivity contribution is 5.93. The Morgan fingerprint density at radius 2 is 1.84 bits per heavy atom. The third kappa shape index (κ3) is 6.01. The molecule has 19 heavy (non-hydrogen) atoms. The third-order valence-electron chi connectivity index (χ3n) is 2.44. The second kappa shape index (κ2) is 6.33. The van der Waals surface area contributed by atoms with E-state index in [-0.39, 0.29) is 24.4 Å². The molecule has 0 radical (unpaired) electrons. The van der Waals surface area contributed by atoms with Crippen LogP contribution in [0.15, 0.2) is 24.3 Å². The predicted molar refractivity (Wildman–Crippen MR) is 75.7 cm³/mol. The van der Waals surface area contributed by atoms with Crippen molar-refractivity contribution in [3.8, 4) is 0 Å². The maximum atomic E-state index is 11.8. The Labute approximate surface area is 113 Å². The van der Waals surface area contributed by atoms with Gasteiger partial charge in [-0.25, -0.2) is 0 Å². The fourth-order valence-corrected chi connectivity index (χ4v) is 1.52. The summed E-state index contributed by atoms with van der Waals surface area (Å²) in [7, 11) is 0. The zero-order valence-electron chi connectivity index (χ0n) is 11.6. The highest BCUT2D eigenvalue weighted by Gasteiger charge is 2.12. The Morgan fingerprint density at radius 1 is 1.21 bits per heavy atom. The summed E-state index contributed by atoms with van der Waals surface area (Å²) in [5.41, 5.74) is 6.40. The molecule has 0 unspecified atom stereocenters. The van der Waals surface area contributed by atoms with Crippen LogP contribution in [0.25, 0.3) is 0 Å². The highest BCUT2D eigenvalue weighted by atomic mass is 16.2. The minimum absolute atomic E-state index is 0.114. The molecule has 4 N–H and O–H groups in total. The van der Waals surface area contributed by atoms with Crippen LogP contribution in [0.2, 0.25) is 0 Å². The first-order valence-corrected chi connectivity index (χ1v) is 6.19. The smallest absolute Gasteiger partial charge is 0.238 e. The Morgan fingerprint density at radius 3 is 2.42 bits per heavy atom. The zero-order valence-corrected chi connectivity index (χ0v) is 11.6. The Hall–Kier alpha value is -1.88. The summed E-state index contributed by atoms with van der Waals surface area (Å²) in [4.78, 5) is 22.8. The van der Waals surface area contributed by atoms with Gasteiger partial charge in [0.1, 0.15) is 0 Å². The van der Waals surface area contributed by atoms with Gasteiger partial charge in [-0.3, -0.25) is 9.59 Å². The minimum Gasteiger partial charge on any atom is -0.369 e. The van der Waals surface area contributed by atoms with Crippen LogP contribution >= 0.6 is 0 Å². The van der Waals surface area contributed by atoms with E-state index < -0.39 is 5.91 Å². The van der Waals surface area contributed by atoms with Crippen LogP contribution in [0, 0.1) is 0 Å². The van der Waals surface area contributed by atoms with E-state index in [0.29, 0.717) is 5.69 Å². The molecular weight excluding hydrogens is 242 g/mol. The van der Waals surface area contributed by atoms with E-state index in [4.69, 9.17) is 5.73 Å². The number of primary amides is 1. The molecule has 0 atom stereocenters. The van der Waals surface area contributed by atoms with Gasteiger partial charge in [0.2, 0.25) is 11.8 Å². The molecule has 0 heterocycles. The zero-order chi connectivity index (χ0) is 14.5. The van der Waals surface area contributed by atoms with Crippen LogP contribution in [-0.4, -0.2) is 23.9 Å². The van der Waals surface area contributed by atoms with E-state index in [1.807, 2.05) is 20.8 Å². The van der Waals surface area contributed by atoms with Gasteiger partial charge >= 0.3 is 0 Å². The molecule has 5 heteroatoms. The number of para-hydroxylation sites is 1. The summed E-state index contributed by atoms with van der Waals surface area (Å²) in [6, 6.07) is 7.14. The summed E-state index contributed by atoms with van der Waals surface area (Å²) < 4.78 is 0. The first kappa shape index (κ1) is 15.2. The topological polar surface area (TPSA) is 84.2 Å². The summed E-state index contributed by atoms with van der Waals surface area (Å²) >= 11 is 0. The van der Waals surface area contributed by atoms with Crippen LogP contribution in [0.3, 0.4) is 0 Å². The number of carbonyl (C=O) groups is 2. The van der Waals surface area contributed by atoms with Gasteiger partial charge in [-0.1, -0.05) is 18.2 Å². The molecule has 0 spiro atoms. The average molecular weight is 263 g/mol. The Bertz CT molecular complexity index is 464. The van der Waals surface area contributed by atoms with Gasteiger partial charge in [0.15, 0.2) is 0 Å². The van der Waals surface area contributed by atoms with Gasteiger partial charge in [0.25, 0.3) is 0 Å². The van der Waals surface area contributed by atoms with Crippen molar-refractivity contribution in [3.63, 3.8) is 0 Å². The molecule has 1 aromatic rings. The van der Waals surface area contributed by atoms with Crippen molar-refractivity contribution in [2.45, 2.75) is 32.7 Å². The lowest BCUT2D eigenvalue weighted by molar-refractivity contribution is -0.117. The predicted octanol–water partition coefficient (Wildman–Crippen LogP) is 1.04. The molecule has 0 saturated heterocycles. The highest BCUT2D eigenvalue weighted by Crippen LogP contribution is 2.15. The molecule has 104 valence electrons. The fourth-order valence-electron chi connectivity index (χ4n) is 1.52. The molecule has 1 rings (SSSR count). The van der Waals surface area contributed by atoms with Gasteiger partial charge < -0.3 is 16.4 Å². The van der Waals surface area contributed by atoms with Crippen LogP contribution in [0.4, 0.5) is 5.69 Å². The fraction of sp³-hybridized carbons (Fsp3) is 0.429. The molecule has 2 amide bonds. The average Bonchev–Trinajstić information content (AvgIpc) is 2.27. The minimum atomic E-state index is -0.422. The molecule has 0 saturated carbocycles. The van der Waals surface area contributed by atoms with Crippen LogP contribution in [0.1, 0.15) is 26.3 Å².